The average molecular weight is 598 g/mol. The highest BCUT2D eigenvalue weighted by molar-refractivity contribution is 8.07. The van der Waals surface area contributed by atoms with Crippen LogP contribution in [0.4, 0.5) is 0 Å². The normalized spacial score (nSPS) is 43.3. The van der Waals surface area contributed by atoms with E-state index in [0.717, 1.165) is 62.2 Å². The van der Waals surface area contributed by atoms with E-state index in [1.54, 1.807) is 0 Å². The fraction of sp³-hybridized carbons (Fsp3) is 0.852. The van der Waals surface area contributed by atoms with Gasteiger partial charge in [0.25, 0.3) is 0 Å². The number of nitrogens with two attached hydrogens (primary N) is 1. The first-order valence-electron chi connectivity index (χ1n) is 14.8. The lowest BCUT2D eigenvalue weighted by molar-refractivity contribution is -0.431. The molecule has 5 heterocycles. The van der Waals surface area contributed by atoms with Crippen LogP contribution in [0.5, 0.6) is 0 Å². The van der Waals surface area contributed by atoms with Crippen molar-refractivity contribution in [2.24, 2.45) is 17.6 Å². The van der Waals surface area contributed by atoms with Crippen molar-refractivity contribution in [2.45, 2.75) is 84.6 Å². The maximum absolute atomic E-state index is 13.1. The van der Waals surface area contributed by atoms with Crippen molar-refractivity contribution in [1.82, 2.24) is 20.9 Å². The minimum absolute atomic E-state index is 0.0176. The second-order valence-electron chi connectivity index (χ2n) is 12.1. The number of carbonyl (C=O) groups excluding carboxylic acids is 2. The number of rotatable bonds is 7. The van der Waals surface area contributed by atoms with Crippen molar-refractivity contribution in [3.05, 3.63) is 11.1 Å². The number of nitrogens with zero attached hydrogens (tertiary/aromatic N) is 1. The van der Waals surface area contributed by atoms with Crippen LogP contribution >= 0.6 is 35.3 Å². The van der Waals surface area contributed by atoms with E-state index in [0.29, 0.717) is 46.4 Å². The van der Waals surface area contributed by atoms with Crippen LogP contribution in [0.3, 0.4) is 0 Å². The number of amides is 1. The molecule has 0 radical (unpaired) electrons. The molecular formula is C27H45N6O3S3+. The number of hydrogen-bond donors (Lipinski definition) is 5. The summed E-state index contributed by atoms with van der Waals surface area (Å²) >= 11 is 5.79. The molecule has 6 aliphatic rings. The van der Waals surface area contributed by atoms with Gasteiger partial charge in [-0.05, 0) is 49.0 Å². The van der Waals surface area contributed by atoms with Crippen LogP contribution in [0.25, 0.3) is 0 Å². The molecule has 0 spiro atoms. The number of nitrogens with one attached hydrogen (secondary N) is 3. The van der Waals surface area contributed by atoms with Crippen molar-refractivity contribution in [1.29, 1.82) is 0 Å². The quantitative estimate of drug-likeness (QED) is 0.272. The summed E-state index contributed by atoms with van der Waals surface area (Å²) < 4.78 is 5.54. The second-order valence-corrected chi connectivity index (χ2v) is 15.7. The molecule has 0 aromatic carbocycles. The van der Waals surface area contributed by atoms with E-state index in [1.165, 1.54) is 25.7 Å². The third-order valence-electron chi connectivity index (χ3n) is 9.54. The van der Waals surface area contributed by atoms with Gasteiger partial charge in [0.05, 0.1) is 41.0 Å². The molecule has 8 N–H and O–H groups in total. The predicted molar refractivity (Wildman–Crippen MR) is 159 cm³/mol. The summed E-state index contributed by atoms with van der Waals surface area (Å²) in [5.41, 5.74) is 10.2. The van der Waals surface area contributed by atoms with Crippen molar-refractivity contribution in [3.63, 3.8) is 0 Å². The van der Waals surface area contributed by atoms with E-state index >= 15 is 0 Å². The lowest BCUT2D eigenvalue weighted by atomic mass is 9.87. The summed E-state index contributed by atoms with van der Waals surface area (Å²) in [4.78, 5) is 27.7. The Morgan fingerprint density at radius 2 is 1.92 bits per heavy atom. The highest BCUT2D eigenvalue weighted by Crippen LogP contribution is 2.52. The number of hydrogen-bond acceptors (Lipinski definition) is 10. The topological polar surface area (TPSA) is 136 Å². The van der Waals surface area contributed by atoms with Gasteiger partial charge < -0.3 is 37.1 Å². The van der Waals surface area contributed by atoms with Gasteiger partial charge >= 0.3 is 0 Å². The monoisotopic (exact) mass is 597 g/mol. The van der Waals surface area contributed by atoms with Crippen molar-refractivity contribution in [2.75, 3.05) is 44.4 Å². The molecule has 0 bridgehead atoms. The molecule has 5 aliphatic heterocycles. The molecule has 39 heavy (non-hydrogen) atoms. The molecule has 4 saturated heterocycles. The Morgan fingerprint density at radius 1 is 1.10 bits per heavy atom. The maximum atomic E-state index is 13.1. The molecular weight excluding hydrogens is 553 g/mol. The summed E-state index contributed by atoms with van der Waals surface area (Å²) in [6.07, 6.45) is 8.80. The van der Waals surface area contributed by atoms with Crippen LogP contribution in [0.15, 0.2) is 11.1 Å². The van der Waals surface area contributed by atoms with E-state index in [2.05, 4.69) is 26.6 Å². The van der Waals surface area contributed by atoms with Crippen molar-refractivity contribution in [3.8, 4) is 0 Å². The van der Waals surface area contributed by atoms with Crippen LogP contribution in [-0.2, 0) is 14.3 Å². The second kappa shape index (κ2) is 12.8. The SMILES string of the molecule is NC(=O)C1NCC(N[C@H]2CCCC[C@H]2[NH3+])CC1NC1CC(C2CSC3C(=O)C=C(N4CCOCC4)SC32)CS1. The standard InChI is InChI=1S/C27H44N6O3S3/c28-18-3-1-2-4-19(18)31-16-10-20(24(27(29)35)30-12-16)32-22-9-15(13-37-22)17-14-38-26-21(34)11-23(39-25(17)26)33-5-7-36-8-6-33/h11,15-20,22,24-26,30-32H,1-10,12-14,28H2,(H2,29,35)/p+1/t15?,16?,17?,18-,19+,20?,22?,24?,25?,26?/m1/s1. The Labute approximate surface area is 244 Å². The number of ether oxygens (including phenoxy) is 1. The first-order valence-corrected chi connectivity index (χ1v) is 17.8. The average Bonchev–Trinajstić information content (AvgIpc) is 3.58. The third-order valence-corrected chi connectivity index (χ3v) is 14.0. The van der Waals surface area contributed by atoms with Gasteiger partial charge in [0, 0.05) is 49.5 Å². The van der Waals surface area contributed by atoms with Gasteiger partial charge in [-0.1, -0.05) is 6.42 Å². The lowest BCUT2D eigenvalue weighted by Crippen LogP contribution is -2.72. The zero-order chi connectivity index (χ0) is 26.9. The Morgan fingerprint density at radius 3 is 2.72 bits per heavy atom. The smallest absolute Gasteiger partial charge is 0.236 e. The van der Waals surface area contributed by atoms with Gasteiger partial charge in [0.1, 0.15) is 6.04 Å². The fourth-order valence-electron chi connectivity index (χ4n) is 7.31. The molecule has 1 saturated carbocycles. The number of primary amides is 1. The third kappa shape index (κ3) is 6.48. The summed E-state index contributed by atoms with van der Waals surface area (Å²) in [6, 6.07) is 0.908. The fourth-order valence-corrected chi connectivity index (χ4v) is 12.4. The molecule has 0 aromatic heterocycles. The molecule has 218 valence electrons. The first-order chi connectivity index (χ1) is 19.0. The minimum atomic E-state index is -0.344. The number of thioether (sulfide) groups is 3. The van der Waals surface area contributed by atoms with Crippen LogP contribution < -0.4 is 27.4 Å². The molecule has 6 rings (SSSR count). The molecule has 0 aromatic rings. The van der Waals surface area contributed by atoms with Gasteiger partial charge in [0.15, 0.2) is 5.78 Å². The number of quaternary nitrogens is 1. The lowest BCUT2D eigenvalue weighted by Gasteiger charge is -2.40. The van der Waals surface area contributed by atoms with Gasteiger partial charge in [0.2, 0.25) is 5.91 Å². The number of piperidine rings is 1. The first kappa shape index (κ1) is 28.6. The Balaban J connectivity index is 1.06. The van der Waals surface area contributed by atoms with E-state index < -0.39 is 0 Å². The predicted octanol–water partition coefficient (Wildman–Crippen LogP) is -0.0280. The van der Waals surface area contributed by atoms with Crippen LogP contribution in [0, 0.1) is 11.8 Å². The van der Waals surface area contributed by atoms with Crippen molar-refractivity contribution < 1.29 is 20.1 Å². The van der Waals surface area contributed by atoms with Crippen molar-refractivity contribution >= 4 is 47.0 Å². The Bertz CT molecular complexity index is 936. The maximum Gasteiger partial charge on any atom is 0.236 e. The highest BCUT2D eigenvalue weighted by atomic mass is 32.2. The highest BCUT2D eigenvalue weighted by Gasteiger charge is 2.49. The molecule has 10 atom stereocenters. The van der Waals surface area contributed by atoms with Gasteiger partial charge in [-0.2, -0.15) is 0 Å². The Kier molecular flexibility index (Phi) is 9.41. The van der Waals surface area contributed by atoms with Crippen LogP contribution in [-0.4, -0.2) is 107 Å². The molecule has 1 aliphatic carbocycles. The molecule has 9 nitrogen and oxygen atoms in total. The van der Waals surface area contributed by atoms with E-state index in [9.17, 15) is 9.59 Å². The number of carbonyl (C=O) groups is 2. The number of allylic oxidation sites excluding steroid dienone is 1. The molecule has 1 amide bonds. The van der Waals surface area contributed by atoms with Gasteiger partial charge in [-0.25, -0.2) is 0 Å². The Hall–Kier alpha value is -0.470. The summed E-state index contributed by atoms with van der Waals surface area (Å²) in [5, 5.41) is 13.1. The van der Waals surface area contributed by atoms with Gasteiger partial charge in [-0.15, -0.1) is 35.3 Å². The summed E-state index contributed by atoms with van der Waals surface area (Å²) in [5.74, 6) is 3.30. The molecule has 8 unspecified atom stereocenters. The largest absolute Gasteiger partial charge is 0.378 e. The molecule has 12 heteroatoms. The number of morpholine rings is 1. The zero-order valence-corrected chi connectivity index (χ0v) is 25.2. The number of fused-ring (bicyclic) bond motifs is 1. The summed E-state index contributed by atoms with van der Waals surface area (Å²) in [7, 11) is 0. The number of ketones is 1. The van der Waals surface area contributed by atoms with E-state index in [-0.39, 0.29) is 23.2 Å². The molecule has 5 fully saturated rings. The zero-order valence-electron chi connectivity index (χ0n) is 22.7. The minimum Gasteiger partial charge on any atom is -0.378 e. The summed E-state index contributed by atoms with van der Waals surface area (Å²) in [6.45, 7) is 3.98. The van der Waals surface area contributed by atoms with Crippen LogP contribution in [0.1, 0.15) is 38.5 Å². The van der Waals surface area contributed by atoms with E-state index in [1.807, 2.05) is 41.4 Å². The van der Waals surface area contributed by atoms with Crippen LogP contribution in [0.2, 0.25) is 0 Å². The van der Waals surface area contributed by atoms with E-state index in [4.69, 9.17) is 10.5 Å². The van der Waals surface area contributed by atoms with Gasteiger partial charge in [-0.3, -0.25) is 9.59 Å².